The molecule has 0 aromatic heterocycles. The Hall–Kier alpha value is -0.775. The summed E-state index contributed by atoms with van der Waals surface area (Å²) in [5, 5.41) is 18.2. The van der Waals surface area contributed by atoms with Gasteiger partial charge in [-0.3, -0.25) is 4.79 Å². The number of carbonyl (C=O) groups excluding carboxylic acids is 1. The zero-order chi connectivity index (χ0) is 10.7. The number of hydrogen-bond acceptors (Lipinski definition) is 4. The van der Waals surface area contributed by atoms with Gasteiger partial charge in [-0.25, -0.2) is 0 Å². The summed E-state index contributed by atoms with van der Waals surface area (Å²) in [4.78, 5) is 11.4. The summed E-state index contributed by atoms with van der Waals surface area (Å²) in [5.74, 6) is 0. The van der Waals surface area contributed by atoms with E-state index >= 15 is 0 Å². The minimum Gasteiger partial charge on any atom is -0.423 e. The molecule has 0 spiro atoms. The molecule has 0 radical (unpaired) electrons. The third-order valence-electron chi connectivity index (χ3n) is 1.90. The van der Waals surface area contributed by atoms with E-state index in [1.54, 1.807) is 18.4 Å². The molecule has 1 aromatic rings. The lowest BCUT2D eigenvalue weighted by Crippen LogP contribution is -2.32. The van der Waals surface area contributed by atoms with Crippen molar-refractivity contribution in [1.29, 1.82) is 0 Å². The second kappa shape index (κ2) is 4.64. The Kier molecular flexibility index (Phi) is 3.74. The summed E-state index contributed by atoms with van der Waals surface area (Å²) >= 11 is 1.33. The average Bonchev–Trinajstić information content (AvgIpc) is 2.16. The van der Waals surface area contributed by atoms with Gasteiger partial charge < -0.3 is 10.0 Å². The molecule has 0 saturated carbocycles. The molecule has 1 rings (SSSR count). The Labute approximate surface area is 87.3 Å². The van der Waals surface area contributed by atoms with Gasteiger partial charge in [-0.15, -0.1) is 11.8 Å². The van der Waals surface area contributed by atoms with Gasteiger partial charge in [0.05, 0.1) is 0 Å². The molecule has 74 valence electrons. The Morgan fingerprint density at radius 3 is 2.50 bits per heavy atom. The molecule has 0 bridgehead atoms. The lowest BCUT2D eigenvalue weighted by molar-refractivity contribution is 0.112. The molecule has 0 amide bonds. The monoisotopic (exact) mass is 210 g/mol. The Morgan fingerprint density at radius 2 is 2.07 bits per heavy atom. The fourth-order valence-electron chi connectivity index (χ4n) is 1.35. The quantitative estimate of drug-likeness (QED) is 0.425. The van der Waals surface area contributed by atoms with Crippen LogP contribution in [0.25, 0.3) is 0 Å². The van der Waals surface area contributed by atoms with Crippen molar-refractivity contribution < 1.29 is 14.8 Å². The predicted molar refractivity (Wildman–Crippen MR) is 58.2 cm³/mol. The van der Waals surface area contributed by atoms with Gasteiger partial charge in [0, 0.05) is 10.5 Å². The topological polar surface area (TPSA) is 57.5 Å². The summed E-state index contributed by atoms with van der Waals surface area (Å²) in [6.07, 6.45) is 2.52. The number of hydrogen-bond donors (Lipinski definition) is 2. The average molecular weight is 210 g/mol. The Balaban J connectivity index is 3.39. The van der Waals surface area contributed by atoms with Crippen molar-refractivity contribution in [3.63, 3.8) is 0 Å². The van der Waals surface area contributed by atoms with E-state index in [4.69, 9.17) is 10.0 Å². The van der Waals surface area contributed by atoms with Crippen LogP contribution in [0.15, 0.2) is 17.0 Å². The number of aryl methyl sites for hydroxylation is 1. The van der Waals surface area contributed by atoms with Gasteiger partial charge in [0.25, 0.3) is 0 Å². The minimum atomic E-state index is -1.53. The van der Waals surface area contributed by atoms with Crippen molar-refractivity contribution in [2.75, 3.05) is 6.26 Å². The van der Waals surface area contributed by atoms with E-state index in [-0.39, 0.29) is 0 Å². The maximum atomic E-state index is 10.7. The maximum absolute atomic E-state index is 10.7. The van der Waals surface area contributed by atoms with Crippen LogP contribution in [0.2, 0.25) is 0 Å². The highest BCUT2D eigenvalue weighted by molar-refractivity contribution is 7.99. The predicted octanol–water partition coefficient (Wildman–Crippen LogP) is 0.209. The first kappa shape index (κ1) is 11.3. The molecule has 0 atom stereocenters. The van der Waals surface area contributed by atoms with Gasteiger partial charge in [0.15, 0.2) is 6.29 Å². The van der Waals surface area contributed by atoms with Crippen LogP contribution in [0.4, 0.5) is 0 Å². The zero-order valence-corrected chi connectivity index (χ0v) is 8.84. The second-order valence-corrected chi connectivity index (χ2v) is 3.78. The van der Waals surface area contributed by atoms with Crippen LogP contribution >= 0.6 is 11.8 Å². The summed E-state index contributed by atoms with van der Waals surface area (Å²) in [6.45, 7) is 1.81. The van der Waals surface area contributed by atoms with Crippen molar-refractivity contribution in [1.82, 2.24) is 0 Å². The van der Waals surface area contributed by atoms with Gasteiger partial charge in [0.1, 0.15) is 0 Å². The number of benzene rings is 1. The summed E-state index contributed by atoms with van der Waals surface area (Å²) in [5.41, 5.74) is 1.73. The van der Waals surface area contributed by atoms with Crippen LogP contribution in [0.3, 0.4) is 0 Å². The Morgan fingerprint density at radius 1 is 1.43 bits per heavy atom. The van der Waals surface area contributed by atoms with Crippen molar-refractivity contribution in [2.45, 2.75) is 11.8 Å². The molecular weight excluding hydrogens is 199 g/mol. The smallest absolute Gasteiger partial charge is 0.423 e. The van der Waals surface area contributed by atoms with Crippen molar-refractivity contribution in [2.24, 2.45) is 0 Å². The Bertz CT molecular complexity index is 352. The first-order valence-electron chi connectivity index (χ1n) is 4.10. The van der Waals surface area contributed by atoms with Crippen LogP contribution in [0.1, 0.15) is 15.9 Å². The van der Waals surface area contributed by atoms with E-state index in [1.807, 2.05) is 6.92 Å². The van der Waals surface area contributed by atoms with Gasteiger partial charge >= 0.3 is 7.12 Å². The standard InChI is InChI=1S/C9H11BO3S/c1-6-3-7(5-11)9(14-2)8(4-6)10(12)13/h3-5,12-13H,1-2H3. The molecule has 14 heavy (non-hydrogen) atoms. The van der Waals surface area contributed by atoms with E-state index in [0.717, 1.165) is 11.8 Å². The molecule has 0 saturated heterocycles. The van der Waals surface area contributed by atoms with Gasteiger partial charge in [-0.2, -0.15) is 0 Å². The van der Waals surface area contributed by atoms with E-state index in [2.05, 4.69) is 0 Å². The van der Waals surface area contributed by atoms with E-state index < -0.39 is 7.12 Å². The van der Waals surface area contributed by atoms with E-state index in [0.29, 0.717) is 15.9 Å². The summed E-state index contributed by atoms with van der Waals surface area (Å²) < 4.78 is 0. The first-order valence-corrected chi connectivity index (χ1v) is 5.32. The minimum absolute atomic E-state index is 0.389. The second-order valence-electron chi connectivity index (χ2n) is 2.97. The lowest BCUT2D eigenvalue weighted by Gasteiger charge is -2.10. The lowest BCUT2D eigenvalue weighted by atomic mass is 9.78. The number of carbonyl (C=O) groups is 1. The molecule has 0 heterocycles. The number of aldehydes is 1. The largest absolute Gasteiger partial charge is 0.489 e. The molecular formula is C9H11BO3S. The molecule has 3 nitrogen and oxygen atoms in total. The molecule has 0 aliphatic heterocycles. The molecule has 0 aliphatic rings. The zero-order valence-electron chi connectivity index (χ0n) is 8.02. The fraction of sp³-hybridized carbons (Fsp3) is 0.222. The molecule has 0 aliphatic carbocycles. The van der Waals surface area contributed by atoms with Crippen molar-refractivity contribution >= 4 is 30.6 Å². The van der Waals surface area contributed by atoms with E-state index in [9.17, 15) is 4.79 Å². The van der Waals surface area contributed by atoms with Crippen LogP contribution in [-0.2, 0) is 0 Å². The van der Waals surface area contributed by atoms with Gasteiger partial charge in [-0.05, 0) is 24.7 Å². The molecule has 5 heteroatoms. The van der Waals surface area contributed by atoms with Crippen LogP contribution in [-0.4, -0.2) is 29.7 Å². The summed E-state index contributed by atoms with van der Waals surface area (Å²) in [6, 6.07) is 3.40. The summed E-state index contributed by atoms with van der Waals surface area (Å²) in [7, 11) is -1.53. The molecule has 2 N–H and O–H groups in total. The number of thioether (sulfide) groups is 1. The SMILES string of the molecule is CSc1c(C=O)cc(C)cc1B(O)O. The van der Waals surface area contributed by atoms with Crippen LogP contribution in [0.5, 0.6) is 0 Å². The third kappa shape index (κ3) is 2.18. The normalized spacial score (nSPS) is 10.0. The maximum Gasteiger partial charge on any atom is 0.489 e. The highest BCUT2D eigenvalue weighted by atomic mass is 32.2. The van der Waals surface area contributed by atoms with Crippen LogP contribution in [0, 0.1) is 6.92 Å². The first-order chi connectivity index (χ1) is 6.60. The van der Waals surface area contributed by atoms with E-state index in [1.165, 1.54) is 11.8 Å². The van der Waals surface area contributed by atoms with Crippen LogP contribution < -0.4 is 5.46 Å². The molecule has 1 aromatic carbocycles. The van der Waals surface area contributed by atoms with Crippen molar-refractivity contribution in [3.8, 4) is 0 Å². The highest BCUT2D eigenvalue weighted by Crippen LogP contribution is 2.18. The van der Waals surface area contributed by atoms with Gasteiger partial charge in [-0.1, -0.05) is 11.6 Å². The van der Waals surface area contributed by atoms with Gasteiger partial charge in [0.2, 0.25) is 0 Å². The van der Waals surface area contributed by atoms with Crippen molar-refractivity contribution in [3.05, 3.63) is 23.3 Å². The number of rotatable bonds is 3. The molecule has 0 fully saturated rings. The molecule has 0 unspecified atom stereocenters. The fourth-order valence-corrected chi connectivity index (χ4v) is 2.09. The third-order valence-corrected chi connectivity index (χ3v) is 2.78. The highest BCUT2D eigenvalue weighted by Gasteiger charge is 2.18.